The van der Waals surface area contributed by atoms with Gasteiger partial charge in [0.2, 0.25) is 5.91 Å². The molecule has 3 nitrogen and oxygen atoms in total. The lowest BCUT2D eigenvalue weighted by Crippen LogP contribution is -2.51. The molecule has 2 aromatic rings. The van der Waals surface area contributed by atoms with Crippen molar-refractivity contribution in [2.75, 3.05) is 6.54 Å². The van der Waals surface area contributed by atoms with Gasteiger partial charge in [0, 0.05) is 17.7 Å². The molecule has 4 heteroatoms. The Labute approximate surface area is 135 Å². The largest absolute Gasteiger partial charge is 0.349 e. The van der Waals surface area contributed by atoms with Gasteiger partial charge in [-0.05, 0) is 48.1 Å². The summed E-state index contributed by atoms with van der Waals surface area (Å²) in [6.07, 6.45) is 6.87. The first kappa shape index (κ1) is 15.5. The molecule has 1 fully saturated rings. The van der Waals surface area contributed by atoms with Crippen molar-refractivity contribution in [3.63, 3.8) is 0 Å². The molecule has 0 unspecified atom stereocenters. The lowest BCUT2D eigenvalue weighted by Gasteiger charge is -2.28. The number of amides is 1. The van der Waals surface area contributed by atoms with E-state index in [-0.39, 0.29) is 11.4 Å². The van der Waals surface area contributed by atoms with Gasteiger partial charge in [-0.2, -0.15) is 0 Å². The van der Waals surface area contributed by atoms with Crippen LogP contribution in [0.1, 0.15) is 44.1 Å². The number of carbonyl (C=O) groups is 1. The van der Waals surface area contributed by atoms with Crippen LogP contribution < -0.4 is 11.1 Å². The van der Waals surface area contributed by atoms with Gasteiger partial charge < -0.3 is 11.1 Å². The number of rotatable bonds is 6. The first-order valence-electron chi connectivity index (χ1n) is 8.19. The molecule has 1 aliphatic carbocycles. The highest BCUT2D eigenvalue weighted by Gasteiger charge is 2.33. The van der Waals surface area contributed by atoms with Crippen LogP contribution in [0, 0.1) is 0 Å². The third-order valence-electron chi connectivity index (χ3n) is 4.77. The lowest BCUT2D eigenvalue weighted by molar-refractivity contribution is -0.123. The van der Waals surface area contributed by atoms with E-state index in [4.69, 9.17) is 5.73 Å². The summed E-state index contributed by atoms with van der Waals surface area (Å²) in [5.41, 5.74) is 7.12. The Hall–Kier alpha value is -1.39. The van der Waals surface area contributed by atoms with E-state index in [1.54, 1.807) is 11.3 Å². The molecular formula is C18H24N2OS. The van der Waals surface area contributed by atoms with Gasteiger partial charge in [0.25, 0.3) is 0 Å². The van der Waals surface area contributed by atoms with Crippen molar-refractivity contribution in [2.45, 2.75) is 50.5 Å². The van der Waals surface area contributed by atoms with Crippen LogP contribution in [-0.2, 0) is 11.2 Å². The lowest BCUT2D eigenvalue weighted by atomic mass is 9.97. The number of aryl methyl sites for hydroxylation is 1. The van der Waals surface area contributed by atoms with Crippen LogP contribution in [0.5, 0.6) is 0 Å². The van der Waals surface area contributed by atoms with Crippen molar-refractivity contribution < 1.29 is 4.79 Å². The Morgan fingerprint density at radius 3 is 2.82 bits per heavy atom. The molecule has 118 valence electrons. The van der Waals surface area contributed by atoms with Gasteiger partial charge in [0.15, 0.2) is 0 Å². The second-order valence-corrected chi connectivity index (χ2v) is 7.26. The molecule has 0 saturated heterocycles. The molecule has 0 aliphatic heterocycles. The maximum absolute atomic E-state index is 12.2. The van der Waals surface area contributed by atoms with Crippen LogP contribution in [0.4, 0.5) is 0 Å². The Morgan fingerprint density at radius 2 is 2.05 bits per heavy atom. The van der Waals surface area contributed by atoms with Gasteiger partial charge in [-0.1, -0.05) is 31.0 Å². The molecule has 22 heavy (non-hydrogen) atoms. The van der Waals surface area contributed by atoms with Crippen molar-refractivity contribution in [1.82, 2.24) is 5.32 Å². The molecule has 0 spiro atoms. The number of hydrogen-bond donors (Lipinski definition) is 2. The van der Waals surface area contributed by atoms with E-state index >= 15 is 0 Å². The highest BCUT2D eigenvalue weighted by atomic mass is 32.1. The molecule has 3 rings (SSSR count). The van der Waals surface area contributed by atoms with Crippen LogP contribution >= 0.6 is 11.3 Å². The smallest absolute Gasteiger partial charge is 0.220 e. The molecule has 1 heterocycles. The van der Waals surface area contributed by atoms with Gasteiger partial charge in [-0.15, -0.1) is 11.3 Å². The summed E-state index contributed by atoms with van der Waals surface area (Å²) in [6, 6.07) is 8.48. The van der Waals surface area contributed by atoms with Gasteiger partial charge in [0.1, 0.15) is 0 Å². The molecular weight excluding hydrogens is 292 g/mol. The number of carbonyl (C=O) groups excluding carboxylic acids is 1. The van der Waals surface area contributed by atoms with E-state index in [2.05, 4.69) is 35.0 Å². The normalized spacial score (nSPS) is 17.0. The van der Waals surface area contributed by atoms with Crippen molar-refractivity contribution >= 4 is 27.3 Å². The third kappa shape index (κ3) is 3.33. The SMILES string of the molecule is NCC1(NC(=O)CCCc2csc3ccccc23)CCCC1. The molecule has 1 aromatic heterocycles. The number of nitrogens with two attached hydrogens (primary N) is 1. The summed E-state index contributed by atoms with van der Waals surface area (Å²) in [5.74, 6) is 0.159. The second kappa shape index (κ2) is 6.80. The summed E-state index contributed by atoms with van der Waals surface area (Å²) < 4.78 is 1.33. The first-order valence-corrected chi connectivity index (χ1v) is 9.07. The van der Waals surface area contributed by atoms with Gasteiger partial charge in [-0.3, -0.25) is 4.79 Å². The van der Waals surface area contributed by atoms with E-state index in [0.29, 0.717) is 13.0 Å². The predicted molar refractivity (Wildman–Crippen MR) is 93.2 cm³/mol. The number of fused-ring (bicyclic) bond motifs is 1. The Kier molecular flexibility index (Phi) is 4.79. The number of thiophene rings is 1. The van der Waals surface area contributed by atoms with E-state index < -0.39 is 0 Å². The topological polar surface area (TPSA) is 55.1 Å². The molecule has 1 aliphatic rings. The van der Waals surface area contributed by atoms with E-state index in [0.717, 1.165) is 25.7 Å². The Balaban J connectivity index is 1.51. The summed E-state index contributed by atoms with van der Waals surface area (Å²) in [6.45, 7) is 0.563. The van der Waals surface area contributed by atoms with Crippen LogP contribution in [0.2, 0.25) is 0 Å². The molecule has 1 aromatic carbocycles. The fraction of sp³-hybridized carbons (Fsp3) is 0.500. The minimum atomic E-state index is -0.119. The average molecular weight is 316 g/mol. The summed E-state index contributed by atoms with van der Waals surface area (Å²) in [5, 5.41) is 6.76. The summed E-state index contributed by atoms with van der Waals surface area (Å²) in [4.78, 5) is 12.2. The molecule has 3 N–H and O–H groups in total. The van der Waals surface area contributed by atoms with Crippen LogP contribution in [0.15, 0.2) is 29.6 Å². The maximum atomic E-state index is 12.2. The van der Waals surface area contributed by atoms with Crippen LogP contribution in [0.25, 0.3) is 10.1 Å². The van der Waals surface area contributed by atoms with E-state index in [1.165, 1.54) is 28.5 Å². The zero-order valence-electron chi connectivity index (χ0n) is 12.9. The monoisotopic (exact) mass is 316 g/mol. The Bertz CT molecular complexity index is 643. The van der Waals surface area contributed by atoms with Crippen molar-refractivity contribution in [3.05, 3.63) is 35.2 Å². The molecule has 0 atom stereocenters. The second-order valence-electron chi connectivity index (χ2n) is 6.35. The Morgan fingerprint density at radius 1 is 1.27 bits per heavy atom. The average Bonchev–Trinajstić information content (AvgIpc) is 3.15. The molecule has 1 saturated carbocycles. The highest BCUT2D eigenvalue weighted by molar-refractivity contribution is 7.17. The van der Waals surface area contributed by atoms with Crippen molar-refractivity contribution in [2.24, 2.45) is 5.73 Å². The highest BCUT2D eigenvalue weighted by Crippen LogP contribution is 2.29. The molecule has 0 radical (unpaired) electrons. The zero-order valence-corrected chi connectivity index (χ0v) is 13.8. The zero-order chi connectivity index (χ0) is 15.4. The first-order chi connectivity index (χ1) is 10.7. The molecule has 1 amide bonds. The fourth-order valence-electron chi connectivity index (χ4n) is 3.46. The van der Waals surface area contributed by atoms with E-state index in [1.807, 2.05) is 0 Å². The van der Waals surface area contributed by atoms with Crippen molar-refractivity contribution in [3.8, 4) is 0 Å². The van der Waals surface area contributed by atoms with E-state index in [9.17, 15) is 4.79 Å². The third-order valence-corrected chi connectivity index (χ3v) is 5.78. The van der Waals surface area contributed by atoms with Crippen LogP contribution in [-0.4, -0.2) is 18.0 Å². The maximum Gasteiger partial charge on any atom is 0.220 e. The standard InChI is InChI=1S/C18H24N2OS/c19-13-18(10-3-4-11-18)20-17(21)9-5-6-14-12-22-16-8-2-1-7-15(14)16/h1-2,7-8,12H,3-6,9-11,13,19H2,(H,20,21). The number of hydrogen-bond acceptors (Lipinski definition) is 3. The minimum Gasteiger partial charge on any atom is -0.349 e. The predicted octanol–water partition coefficient (Wildman–Crippen LogP) is 3.61. The van der Waals surface area contributed by atoms with Crippen molar-refractivity contribution in [1.29, 1.82) is 0 Å². The van der Waals surface area contributed by atoms with Gasteiger partial charge >= 0.3 is 0 Å². The van der Waals surface area contributed by atoms with Gasteiger partial charge in [0.05, 0.1) is 5.54 Å². The van der Waals surface area contributed by atoms with Gasteiger partial charge in [-0.25, -0.2) is 0 Å². The number of benzene rings is 1. The molecule has 0 bridgehead atoms. The fourth-order valence-corrected chi connectivity index (χ4v) is 4.45. The summed E-state index contributed by atoms with van der Waals surface area (Å²) >= 11 is 1.78. The minimum absolute atomic E-state index is 0.119. The quantitative estimate of drug-likeness (QED) is 0.855. The number of nitrogens with one attached hydrogen (secondary N) is 1. The summed E-state index contributed by atoms with van der Waals surface area (Å²) in [7, 11) is 0. The van der Waals surface area contributed by atoms with Crippen LogP contribution in [0.3, 0.4) is 0 Å².